The quantitative estimate of drug-likeness (QED) is 0.413. The number of rotatable bonds is 11. The first-order valence-corrected chi connectivity index (χ1v) is 12.5. The smallest absolute Gasteiger partial charge is 0.222 e. The average Bonchev–Trinajstić information content (AvgIpc) is 2.85. The van der Waals surface area contributed by atoms with Crippen molar-refractivity contribution in [3.63, 3.8) is 0 Å². The van der Waals surface area contributed by atoms with Gasteiger partial charge in [0, 0.05) is 26.1 Å². The van der Waals surface area contributed by atoms with E-state index in [0.717, 1.165) is 44.4 Å². The normalized spacial score (nSPS) is 18.2. The average molecular weight is 468 g/mol. The van der Waals surface area contributed by atoms with Gasteiger partial charge in [-0.05, 0) is 74.6 Å². The Morgan fingerprint density at radius 3 is 2.47 bits per heavy atom. The fourth-order valence-corrected chi connectivity index (χ4v) is 5.14. The summed E-state index contributed by atoms with van der Waals surface area (Å²) in [6, 6.07) is 16.6. The molecular formula is C29H41NO4. The zero-order valence-corrected chi connectivity index (χ0v) is 21.5. The van der Waals surface area contributed by atoms with Crippen LogP contribution in [0.15, 0.2) is 48.5 Å². The summed E-state index contributed by atoms with van der Waals surface area (Å²) in [6.45, 7) is 8.46. The molecule has 1 saturated heterocycles. The fourth-order valence-electron chi connectivity index (χ4n) is 5.14. The number of ether oxygens (including phenoxy) is 3. The van der Waals surface area contributed by atoms with Crippen LogP contribution in [0, 0.1) is 11.8 Å². The zero-order chi connectivity index (χ0) is 24.6. The Hall–Kier alpha value is -2.53. The van der Waals surface area contributed by atoms with Gasteiger partial charge < -0.3 is 19.1 Å². The van der Waals surface area contributed by atoms with Crippen molar-refractivity contribution < 1.29 is 19.0 Å². The molecule has 2 unspecified atom stereocenters. The third-order valence-electron chi connectivity index (χ3n) is 6.99. The molecule has 0 spiro atoms. The highest BCUT2D eigenvalue weighted by molar-refractivity contribution is 5.75. The number of carbonyl (C=O) groups excluding carboxylic acids is 1. The van der Waals surface area contributed by atoms with Crippen molar-refractivity contribution in [1.82, 2.24) is 4.90 Å². The van der Waals surface area contributed by atoms with E-state index in [9.17, 15) is 4.79 Å². The lowest BCUT2D eigenvalue weighted by atomic mass is 9.75. The maximum atomic E-state index is 12.9. The molecule has 0 bridgehead atoms. The van der Waals surface area contributed by atoms with Crippen molar-refractivity contribution >= 4 is 5.91 Å². The van der Waals surface area contributed by atoms with Crippen LogP contribution in [0.1, 0.15) is 57.6 Å². The Kier molecular flexibility index (Phi) is 9.40. The predicted octanol–water partition coefficient (Wildman–Crippen LogP) is 5.90. The molecule has 5 heteroatoms. The van der Waals surface area contributed by atoms with Gasteiger partial charge in [-0.3, -0.25) is 4.79 Å². The van der Waals surface area contributed by atoms with Gasteiger partial charge in [0.15, 0.2) is 11.5 Å². The maximum Gasteiger partial charge on any atom is 0.222 e. The first kappa shape index (κ1) is 26.1. The maximum absolute atomic E-state index is 12.9. The van der Waals surface area contributed by atoms with Gasteiger partial charge in [-0.25, -0.2) is 0 Å². The minimum absolute atomic E-state index is 0.0869. The molecule has 34 heavy (non-hydrogen) atoms. The standard InChI is InChI=1S/C29H41NO4/c1-6-28(31)30(21-23-12-13-26(32-4)27(19-23)33-5)16-14-24(18-22-10-8-7-9-11-22)25-15-17-34-29(2,3)20-25/h7-13,19,24-25H,6,14-18,20-21H2,1-5H3. The summed E-state index contributed by atoms with van der Waals surface area (Å²) in [6.07, 6.45) is 4.65. The van der Waals surface area contributed by atoms with Gasteiger partial charge in [-0.2, -0.15) is 0 Å². The second-order valence-corrected chi connectivity index (χ2v) is 9.96. The number of nitrogens with zero attached hydrogens (tertiary/aromatic N) is 1. The summed E-state index contributed by atoms with van der Waals surface area (Å²) < 4.78 is 16.8. The molecule has 1 aliphatic rings. The molecule has 2 atom stereocenters. The van der Waals surface area contributed by atoms with Crippen molar-refractivity contribution in [2.75, 3.05) is 27.4 Å². The highest BCUT2D eigenvalue weighted by Crippen LogP contribution is 2.36. The third-order valence-corrected chi connectivity index (χ3v) is 6.99. The van der Waals surface area contributed by atoms with E-state index in [1.54, 1.807) is 14.2 Å². The van der Waals surface area contributed by atoms with Crippen LogP contribution in [0.2, 0.25) is 0 Å². The summed E-state index contributed by atoms with van der Waals surface area (Å²) in [5.41, 5.74) is 2.33. The Labute approximate surface area is 205 Å². The third kappa shape index (κ3) is 7.23. The van der Waals surface area contributed by atoms with Gasteiger partial charge in [-0.15, -0.1) is 0 Å². The summed E-state index contributed by atoms with van der Waals surface area (Å²) in [7, 11) is 3.27. The fraction of sp³-hybridized carbons (Fsp3) is 0.552. The van der Waals surface area contributed by atoms with Crippen LogP contribution >= 0.6 is 0 Å². The van der Waals surface area contributed by atoms with Crippen molar-refractivity contribution in [2.24, 2.45) is 11.8 Å². The molecule has 0 aromatic heterocycles. The van der Waals surface area contributed by atoms with Crippen LogP contribution in [-0.4, -0.2) is 43.8 Å². The molecule has 2 aromatic rings. The summed E-state index contributed by atoms with van der Waals surface area (Å²) in [4.78, 5) is 14.9. The second-order valence-electron chi connectivity index (χ2n) is 9.96. The molecule has 5 nitrogen and oxygen atoms in total. The number of benzene rings is 2. The zero-order valence-electron chi connectivity index (χ0n) is 21.5. The number of amides is 1. The predicted molar refractivity (Wildman–Crippen MR) is 136 cm³/mol. The lowest BCUT2D eigenvalue weighted by molar-refractivity contribution is -0.132. The van der Waals surface area contributed by atoms with E-state index < -0.39 is 0 Å². The Bertz CT molecular complexity index is 912. The van der Waals surface area contributed by atoms with E-state index in [0.29, 0.717) is 36.3 Å². The molecule has 1 aliphatic heterocycles. The largest absolute Gasteiger partial charge is 0.493 e. The minimum Gasteiger partial charge on any atom is -0.493 e. The van der Waals surface area contributed by atoms with Crippen molar-refractivity contribution in [2.45, 2.75) is 65.0 Å². The van der Waals surface area contributed by atoms with E-state index in [2.05, 4.69) is 44.2 Å². The lowest BCUT2D eigenvalue weighted by Crippen LogP contribution is -2.39. The van der Waals surface area contributed by atoms with Crippen molar-refractivity contribution in [1.29, 1.82) is 0 Å². The second kappa shape index (κ2) is 12.3. The molecule has 1 fully saturated rings. The Morgan fingerprint density at radius 2 is 1.82 bits per heavy atom. The molecule has 0 aliphatic carbocycles. The Balaban J connectivity index is 1.75. The molecule has 186 valence electrons. The van der Waals surface area contributed by atoms with E-state index >= 15 is 0 Å². The summed E-state index contributed by atoms with van der Waals surface area (Å²) in [5.74, 6) is 2.66. The van der Waals surface area contributed by atoms with E-state index in [1.807, 2.05) is 30.0 Å². The summed E-state index contributed by atoms with van der Waals surface area (Å²) in [5, 5.41) is 0. The molecule has 0 saturated carbocycles. The first-order chi connectivity index (χ1) is 16.3. The van der Waals surface area contributed by atoms with Gasteiger partial charge in [0.05, 0.1) is 19.8 Å². The SMILES string of the molecule is CCC(=O)N(CCC(Cc1ccccc1)C1CCOC(C)(C)C1)Cc1ccc(OC)c(OC)c1. The highest BCUT2D eigenvalue weighted by Gasteiger charge is 2.33. The van der Waals surface area contributed by atoms with Crippen LogP contribution in [0.3, 0.4) is 0 Å². The van der Waals surface area contributed by atoms with Crippen molar-refractivity contribution in [3.05, 3.63) is 59.7 Å². The van der Waals surface area contributed by atoms with Gasteiger partial charge in [0.1, 0.15) is 0 Å². The number of methoxy groups -OCH3 is 2. The monoisotopic (exact) mass is 467 g/mol. The minimum atomic E-state index is -0.0869. The van der Waals surface area contributed by atoms with E-state index in [1.165, 1.54) is 5.56 Å². The molecule has 0 N–H and O–H groups in total. The van der Waals surface area contributed by atoms with Gasteiger partial charge in [-0.1, -0.05) is 43.3 Å². The molecule has 1 heterocycles. The van der Waals surface area contributed by atoms with Crippen molar-refractivity contribution in [3.8, 4) is 11.5 Å². The van der Waals surface area contributed by atoms with E-state index in [-0.39, 0.29) is 11.5 Å². The molecule has 2 aromatic carbocycles. The number of hydrogen-bond donors (Lipinski definition) is 0. The van der Waals surface area contributed by atoms with Gasteiger partial charge in [0.2, 0.25) is 5.91 Å². The first-order valence-electron chi connectivity index (χ1n) is 12.5. The van der Waals surface area contributed by atoms with Crippen LogP contribution in [0.4, 0.5) is 0 Å². The lowest BCUT2D eigenvalue weighted by Gasteiger charge is -2.40. The molecular weight excluding hydrogens is 426 g/mol. The highest BCUT2D eigenvalue weighted by atomic mass is 16.5. The molecule has 0 radical (unpaired) electrons. The van der Waals surface area contributed by atoms with Crippen LogP contribution in [0.5, 0.6) is 11.5 Å². The van der Waals surface area contributed by atoms with E-state index in [4.69, 9.17) is 14.2 Å². The van der Waals surface area contributed by atoms with Gasteiger partial charge >= 0.3 is 0 Å². The number of carbonyl (C=O) groups is 1. The molecule has 3 rings (SSSR count). The van der Waals surface area contributed by atoms with Crippen LogP contribution in [-0.2, 0) is 22.5 Å². The molecule has 1 amide bonds. The van der Waals surface area contributed by atoms with Crippen LogP contribution < -0.4 is 9.47 Å². The van der Waals surface area contributed by atoms with Crippen LogP contribution in [0.25, 0.3) is 0 Å². The topological polar surface area (TPSA) is 48.0 Å². The Morgan fingerprint density at radius 1 is 1.09 bits per heavy atom. The number of hydrogen-bond acceptors (Lipinski definition) is 4. The van der Waals surface area contributed by atoms with Gasteiger partial charge in [0.25, 0.3) is 0 Å². The summed E-state index contributed by atoms with van der Waals surface area (Å²) >= 11 is 0.